The van der Waals surface area contributed by atoms with Crippen LogP contribution in [0.15, 0.2) is 11.4 Å². The van der Waals surface area contributed by atoms with Crippen molar-refractivity contribution >= 4 is 34.1 Å². The summed E-state index contributed by atoms with van der Waals surface area (Å²) >= 11 is 1.22. The number of carboxylic acid groups (broad SMARTS) is 1. The Hall–Kier alpha value is -1.89. The fourth-order valence-electron chi connectivity index (χ4n) is 3.98. The molecule has 0 aliphatic heterocycles. The Labute approximate surface area is 131 Å². The van der Waals surface area contributed by atoms with E-state index < -0.39 is 23.7 Å². The zero-order valence-corrected chi connectivity index (χ0v) is 12.8. The summed E-state index contributed by atoms with van der Waals surface area (Å²) in [7, 11) is 0. The van der Waals surface area contributed by atoms with Gasteiger partial charge in [-0.2, -0.15) is 0 Å². The van der Waals surface area contributed by atoms with Gasteiger partial charge >= 0.3 is 5.97 Å². The zero-order chi connectivity index (χ0) is 15.9. The first kappa shape index (κ1) is 15.0. The number of primary amides is 1. The molecule has 2 bridgehead atoms. The van der Waals surface area contributed by atoms with Gasteiger partial charge in [-0.3, -0.25) is 14.4 Å². The number of hydrogen-bond donors (Lipinski definition) is 3. The van der Waals surface area contributed by atoms with Crippen LogP contribution in [0.2, 0.25) is 0 Å². The highest BCUT2D eigenvalue weighted by Crippen LogP contribution is 2.49. The third-order valence-corrected chi connectivity index (χ3v) is 5.80. The first-order chi connectivity index (χ1) is 10.5. The van der Waals surface area contributed by atoms with Crippen LogP contribution in [0.1, 0.15) is 36.0 Å². The van der Waals surface area contributed by atoms with Gasteiger partial charge < -0.3 is 16.2 Å². The Morgan fingerprint density at radius 3 is 2.27 bits per heavy atom. The number of fused-ring (bicyclic) bond motifs is 3. The summed E-state index contributed by atoms with van der Waals surface area (Å²) in [6.07, 6.45) is 3.58. The minimum Gasteiger partial charge on any atom is -0.481 e. The van der Waals surface area contributed by atoms with Gasteiger partial charge in [0, 0.05) is 0 Å². The number of hydrogen-bond acceptors (Lipinski definition) is 4. The second-order valence-electron chi connectivity index (χ2n) is 6.08. The number of aliphatic carboxylic acids is 1. The molecule has 3 fully saturated rings. The van der Waals surface area contributed by atoms with E-state index in [0.29, 0.717) is 5.00 Å². The molecule has 0 saturated heterocycles. The summed E-state index contributed by atoms with van der Waals surface area (Å²) in [5, 5.41) is 14.3. The summed E-state index contributed by atoms with van der Waals surface area (Å²) in [5.74, 6) is -2.74. The maximum Gasteiger partial charge on any atom is 0.307 e. The SMILES string of the molecule is NC(=O)c1ccsc1NC(=O)[C@H]1C2CCC(CC2)[C@H]1C(=O)O. The van der Waals surface area contributed by atoms with E-state index in [1.165, 1.54) is 11.3 Å². The maximum absolute atomic E-state index is 12.6. The molecule has 2 amide bonds. The quantitative estimate of drug-likeness (QED) is 0.786. The number of nitrogens with one attached hydrogen (secondary N) is 1. The lowest BCUT2D eigenvalue weighted by Gasteiger charge is -2.45. The van der Waals surface area contributed by atoms with E-state index in [9.17, 15) is 19.5 Å². The molecule has 4 rings (SSSR count). The Bertz CT molecular complexity index is 619. The molecule has 3 aliphatic carbocycles. The predicted molar refractivity (Wildman–Crippen MR) is 81.5 cm³/mol. The molecule has 22 heavy (non-hydrogen) atoms. The number of anilines is 1. The van der Waals surface area contributed by atoms with Gasteiger partial charge in [0.2, 0.25) is 5.91 Å². The topological polar surface area (TPSA) is 109 Å². The van der Waals surface area contributed by atoms with Gasteiger partial charge in [-0.15, -0.1) is 11.3 Å². The molecule has 0 aromatic carbocycles. The molecule has 4 N–H and O–H groups in total. The monoisotopic (exact) mass is 322 g/mol. The molecule has 0 unspecified atom stereocenters. The average Bonchev–Trinajstić information content (AvgIpc) is 2.95. The van der Waals surface area contributed by atoms with Crippen LogP contribution in [0.3, 0.4) is 0 Å². The number of nitrogens with two attached hydrogens (primary N) is 1. The minimum atomic E-state index is -0.893. The Balaban J connectivity index is 1.82. The Morgan fingerprint density at radius 1 is 1.14 bits per heavy atom. The molecule has 1 heterocycles. The van der Waals surface area contributed by atoms with Crippen LogP contribution in [0.4, 0.5) is 5.00 Å². The van der Waals surface area contributed by atoms with E-state index in [-0.39, 0.29) is 23.3 Å². The highest BCUT2D eigenvalue weighted by molar-refractivity contribution is 7.14. The van der Waals surface area contributed by atoms with Crippen LogP contribution in [0.5, 0.6) is 0 Å². The van der Waals surface area contributed by atoms with E-state index in [4.69, 9.17) is 5.73 Å². The fourth-order valence-corrected chi connectivity index (χ4v) is 4.77. The van der Waals surface area contributed by atoms with E-state index >= 15 is 0 Å². The summed E-state index contributed by atoms with van der Waals surface area (Å²) in [6, 6.07) is 1.56. The first-order valence-corrected chi connectivity index (χ1v) is 8.28. The van der Waals surface area contributed by atoms with Gasteiger partial charge in [-0.1, -0.05) is 0 Å². The van der Waals surface area contributed by atoms with Crippen molar-refractivity contribution in [3.8, 4) is 0 Å². The fraction of sp³-hybridized carbons (Fsp3) is 0.533. The van der Waals surface area contributed by atoms with E-state index in [1.54, 1.807) is 11.4 Å². The smallest absolute Gasteiger partial charge is 0.307 e. The minimum absolute atomic E-state index is 0.0807. The summed E-state index contributed by atoms with van der Waals surface area (Å²) in [5.41, 5.74) is 5.54. The van der Waals surface area contributed by atoms with Crippen molar-refractivity contribution in [3.63, 3.8) is 0 Å². The highest BCUT2D eigenvalue weighted by Gasteiger charge is 2.50. The molecule has 1 aromatic heterocycles. The van der Waals surface area contributed by atoms with Crippen LogP contribution in [0.25, 0.3) is 0 Å². The second kappa shape index (κ2) is 5.72. The van der Waals surface area contributed by atoms with Gasteiger partial charge in [0.15, 0.2) is 0 Å². The summed E-state index contributed by atoms with van der Waals surface area (Å²) < 4.78 is 0. The van der Waals surface area contributed by atoms with Crippen LogP contribution >= 0.6 is 11.3 Å². The third kappa shape index (κ3) is 2.49. The van der Waals surface area contributed by atoms with E-state index in [1.807, 2.05) is 0 Å². The van der Waals surface area contributed by atoms with Gasteiger partial charge in [-0.05, 0) is 49.0 Å². The van der Waals surface area contributed by atoms with Crippen molar-refractivity contribution in [2.45, 2.75) is 25.7 Å². The van der Waals surface area contributed by atoms with Crippen molar-refractivity contribution in [3.05, 3.63) is 17.0 Å². The van der Waals surface area contributed by atoms with Crippen molar-refractivity contribution in [1.29, 1.82) is 0 Å². The molecule has 6 nitrogen and oxygen atoms in total. The summed E-state index contributed by atoms with van der Waals surface area (Å²) in [4.78, 5) is 35.5. The number of rotatable bonds is 4. The molecule has 0 spiro atoms. The number of carbonyl (C=O) groups excluding carboxylic acids is 2. The molecule has 1 aromatic rings. The van der Waals surface area contributed by atoms with Crippen molar-refractivity contribution < 1.29 is 19.5 Å². The van der Waals surface area contributed by atoms with Crippen molar-refractivity contribution in [2.24, 2.45) is 29.4 Å². The van der Waals surface area contributed by atoms with Crippen LogP contribution in [0, 0.1) is 23.7 Å². The second-order valence-corrected chi connectivity index (χ2v) is 7.00. The molecule has 3 aliphatic rings. The highest BCUT2D eigenvalue weighted by atomic mass is 32.1. The van der Waals surface area contributed by atoms with Crippen LogP contribution < -0.4 is 11.1 Å². The molecule has 7 heteroatoms. The molecule has 2 atom stereocenters. The van der Waals surface area contributed by atoms with Gasteiger partial charge in [0.1, 0.15) is 5.00 Å². The lowest BCUT2D eigenvalue weighted by atomic mass is 9.58. The number of carboxylic acids is 1. The molecule has 0 radical (unpaired) electrons. The van der Waals surface area contributed by atoms with E-state index in [0.717, 1.165) is 25.7 Å². The van der Waals surface area contributed by atoms with Crippen LogP contribution in [-0.4, -0.2) is 22.9 Å². The third-order valence-electron chi connectivity index (χ3n) is 4.97. The summed E-state index contributed by atoms with van der Waals surface area (Å²) in [6.45, 7) is 0. The molecule has 3 saturated carbocycles. The largest absolute Gasteiger partial charge is 0.481 e. The number of amides is 2. The van der Waals surface area contributed by atoms with Gasteiger partial charge in [0.05, 0.1) is 17.4 Å². The molecule has 118 valence electrons. The van der Waals surface area contributed by atoms with E-state index in [2.05, 4.69) is 5.32 Å². The molecular weight excluding hydrogens is 304 g/mol. The normalized spacial score (nSPS) is 30.0. The van der Waals surface area contributed by atoms with Crippen molar-refractivity contribution in [2.75, 3.05) is 5.32 Å². The van der Waals surface area contributed by atoms with Crippen LogP contribution in [-0.2, 0) is 9.59 Å². The maximum atomic E-state index is 12.6. The average molecular weight is 322 g/mol. The number of carbonyl (C=O) groups is 3. The lowest BCUT2D eigenvalue weighted by molar-refractivity contribution is -0.156. The molecular formula is C15H18N2O4S. The first-order valence-electron chi connectivity index (χ1n) is 7.40. The van der Waals surface area contributed by atoms with Gasteiger partial charge in [0.25, 0.3) is 5.91 Å². The van der Waals surface area contributed by atoms with Gasteiger partial charge in [-0.25, -0.2) is 0 Å². The standard InChI is InChI=1S/C15H18N2O4S/c16-12(18)9-5-6-22-14(9)17-13(19)10-7-1-3-8(4-2-7)11(10)15(20)21/h5-8,10-11H,1-4H2,(H2,16,18)(H,17,19)(H,20,21)/t7?,8?,10-,11+/m0/s1. The Kier molecular flexibility index (Phi) is 3.90. The predicted octanol–water partition coefficient (Wildman–Crippen LogP) is 1.92. The van der Waals surface area contributed by atoms with Crippen molar-refractivity contribution in [1.82, 2.24) is 0 Å². The number of thiophene rings is 1. The zero-order valence-electron chi connectivity index (χ0n) is 12.0. The lowest BCUT2D eigenvalue weighted by Crippen LogP contribution is -2.49. The Morgan fingerprint density at radius 2 is 1.73 bits per heavy atom.